The average Bonchev–Trinajstić information content (AvgIpc) is 2.28. The Morgan fingerprint density at radius 1 is 0.647 bits per heavy atom. The van der Waals surface area contributed by atoms with E-state index in [0.29, 0.717) is 0 Å². The van der Waals surface area contributed by atoms with Gasteiger partial charge in [0.25, 0.3) is 0 Å². The van der Waals surface area contributed by atoms with Gasteiger partial charge in [-0.2, -0.15) is 0 Å². The highest BCUT2D eigenvalue weighted by molar-refractivity contribution is 6.04. The van der Waals surface area contributed by atoms with Crippen LogP contribution in [0.1, 0.15) is 16.7 Å². The van der Waals surface area contributed by atoms with E-state index in [9.17, 15) is 0 Å². The second-order valence-corrected chi connectivity index (χ2v) is 4.85. The molecule has 0 aliphatic rings. The number of fused-ring (bicyclic) bond motifs is 2. The van der Waals surface area contributed by atoms with Crippen molar-refractivity contribution in [1.82, 2.24) is 0 Å². The van der Waals surface area contributed by atoms with Gasteiger partial charge in [-0.25, -0.2) is 0 Å². The molecule has 0 spiro atoms. The van der Waals surface area contributed by atoms with E-state index in [1.807, 2.05) is 0 Å². The fraction of sp³-hybridized carbons (Fsp3) is 0.176. The van der Waals surface area contributed by atoms with Crippen molar-refractivity contribution in [3.05, 3.63) is 59.2 Å². The zero-order valence-electron chi connectivity index (χ0n) is 10.5. The van der Waals surface area contributed by atoms with Crippen LogP contribution in [-0.2, 0) is 0 Å². The maximum absolute atomic E-state index is 2.30. The summed E-state index contributed by atoms with van der Waals surface area (Å²) in [6.07, 6.45) is 0. The molecule has 0 heterocycles. The molecule has 3 rings (SSSR count). The van der Waals surface area contributed by atoms with Crippen LogP contribution >= 0.6 is 0 Å². The number of benzene rings is 3. The van der Waals surface area contributed by atoms with Crippen LogP contribution in [0.4, 0.5) is 0 Å². The molecule has 84 valence electrons. The summed E-state index contributed by atoms with van der Waals surface area (Å²) in [6, 6.07) is 15.4. The molecule has 0 aromatic heterocycles. The summed E-state index contributed by atoms with van der Waals surface area (Å²) in [5.41, 5.74) is 4.14. The molecule has 0 N–H and O–H groups in total. The average molecular weight is 220 g/mol. The second-order valence-electron chi connectivity index (χ2n) is 4.85. The summed E-state index contributed by atoms with van der Waals surface area (Å²) in [4.78, 5) is 0. The highest BCUT2D eigenvalue weighted by atomic mass is 14.1. The molecule has 0 heteroatoms. The van der Waals surface area contributed by atoms with Crippen LogP contribution in [0.25, 0.3) is 21.5 Å². The molecule has 0 amide bonds. The van der Waals surface area contributed by atoms with Crippen molar-refractivity contribution in [3.8, 4) is 0 Å². The van der Waals surface area contributed by atoms with Crippen LogP contribution in [0, 0.1) is 20.8 Å². The van der Waals surface area contributed by atoms with Gasteiger partial charge in [0.05, 0.1) is 0 Å². The Bertz CT molecular complexity index is 661. The predicted molar refractivity (Wildman–Crippen MR) is 75.7 cm³/mol. The second kappa shape index (κ2) is 3.59. The van der Waals surface area contributed by atoms with E-state index in [1.165, 1.54) is 38.2 Å². The summed E-state index contributed by atoms with van der Waals surface area (Å²) >= 11 is 0. The Morgan fingerprint density at radius 3 is 1.59 bits per heavy atom. The fourth-order valence-electron chi connectivity index (χ4n) is 2.94. The van der Waals surface area contributed by atoms with Gasteiger partial charge >= 0.3 is 0 Å². The summed E-state index contributed by atoms with van der Waals surface area (Å²) in [7, 11) is 0. The van der Waals surface area contributed by atoms with Crippen LogP contribution in [0.2, 0.25) is 0 Å². The van der Waals surface area contributed by atoms with Crippen LogP contribution in [0.3, 0.4) is 0 Å². The molecule has 0 atom stereocenters. The molecule has 0 unspecified atom stereocenters. The van der Waals surface area contributed by atoms with Gasteiger partial charge in [0, 0.05) is 0 Å². The summed E-state index contributed by atoms with van der Waals surface area (Å²) in [5.74, 6) is 0. The van der Waals surface area contributed by atoms with Crippen molar-refractivity contribution >= 4 is 21.5 Å². The van der Waals surface area contributed by atoms with E-state index in [4.69, 9.17) is 0 Å². The smallest absolute Gasteiger partial charge is 0.0119 e. The van der Waals surface area contributed by atoms with E-state index in [0.717, 1.165) is 0 Å². The third-order valence-electron chi connectivity index (χ3n) is 3.67. The van der Waals surface area contributed by atoms with Gasteiger partial charge in [-0.15, -0.1) is 0 Å². The molecule has 17 heavy (non-hydrogen) atoms. The molecule has 0 aliphatic carbocycles. The van der Waals surface area contributed by atoms with Crippen molar-refractivity contribution in [2.24, 2.45) is 0 Å². The first-order chi connectivity index (χ1) is 8.18. The minimum atomic E-state index is 1.35. The molecular weight excluding hydrogens is 204 g/mol. The van der Waals surface area contributed by atoms with Crippen molar-refractivity contribution in [2.75, 3.05) is 0 Å². The topological polar surface area (TPSA) is 0 Å². The highest BCUT2D eigenvalue weighted by Crippen LogP contribution is 2.31. The molecule has 3 aromatic rings. The molecular formula is C17H16. The monoisotopic (exact) mass is 220 g/mol. The first kappa shape index (κ1) is 10.3. The maximum Gasteiger partial charge on any atom is -0.0119 e. The minimum absolute atomic E-state index is 1.35. The van der Waals surface area contributed by atoms with E-state index in [2.05, 4.69) is 63.2 Å². The van der Waals surface area contributed by atoms with Gasteiger partial charge in [-0.3, -0.25) is 0 Å². The molecule has 0 fully saturated rings. The highest BCUT2D eigenvalue weighted by Gasteiger charge is 2.07. The molecule has 0 aliphatic heterocycles. The van der Waals surface area contributed by atoms with Gasteiger partial charge in [0.15, 0.2) is 0 Å². The maximum atomic E-state index is 2.30. The third-order valence-corrected chi connectivity index (χ3v) is 3.67. The molecule has 0 bridgehead atoms. The van der Waals surface area contributed by atoms with Crippen LogP contribution < -0.4 is 0 Å². The van der Waals surface area contributed by atoms with E-state index >= 15 is 0 Å². The normalized spacial score (nSPS) is 11.2. The van der Waals surface area contributed by atoms with Gasteiger partial charge in [-0.1, -0.05) is 36.4 Å². The number of rotatable bonds is 0. The van der Waals surface area contributed by atoms with Gasteiger partial charge in [0.1, 0.15) is 0 Å². The van der Waals surface area contributed by atoms with E-state index < -0.39 is 0 Å². The third kappa shape index (κ3) is 1.44. The van der Waals surface area contributed by atoms with Crippen molar-refractivity contribution in [3.63, 3.8) is 0 Å². The lowest BCUT2D eigenvalue weighted by Crippen LogP contribution is -1.88. The van der Waals surface area contributed by atoms with Crippen molar-refractivity contribution < 1.29 is 0 Å². The van der Waals surface area contributed by atoms with Crippen LogP contribution in [0.15, 0.2) is 42.5 Å². The predicted octanol–water partition coefficient (Wildman–Crippen LogP) is 4.92. The van der Waals surface area contributed by atoms with Gasteiger partial charge < -0.3 is 0 Å². The summed E-state index contributed by atoms with van der Waals surface area (Å²) in [5, 5.41) is 5.52. The zero-order valence-corrected chi connectivity index (χ0v) is 10.5. The largest absolute Gasteiger partial charge is 0.0614 e. The Kier molecular flexibility index (Phi) is 2.19. The molecule has 0 radical (unpaired) electrons. The SMILES string of the molecule is Cc1cccc2cc3cccc(C)c3c(C)c12. The fourth-order valence-corrected chi connectivity index (χ4v) is 2.94. The van der Waals surface area contributed by atoms with Crippen LogP contribution in [0.5, 0.6) is 0 Å². The minimum Gasteiger partial charge on any atom is -0.0614 e. The van der Waals surface area contributed by atoms with Crippen molar-refractivity contribution in [1.29, 1.82) is 0 Å². The molecule has 0 nitrogen and oxygen atoms in total. The quantitative estimate of drug-likeness (QED) is 0.472. The lowest BCUT2D eigenvalue weighted by Gasteiger charge is -2.12. The number of hydrogen-bond acceptors (Lipinski definition) is 0. The van der Waals surface area contributed by atoms with Crippen molar-refractivity contribution in [2.45, 2.75) is 20.8 Å². The number of hydrogen-bond donors (Lipinski definition) is 0. The molecule has 3 aromatic carbocycles. The van der Waals surface area contributed by atoms with E-state index in [1.54, 1.807) is 0 Å². The Labute approximate surface area is 102 Å². The van der Waals surface area contributed by atoms with Gasteiger partial charge in [-0.05, 0) is 65.1 Å². The van der Waals surface area contributed by atoms with E-state index in [-0.39, 0.29) is 0 Å². The first-order valence-corrected chi connectivity index (χ1v) is 6.07. The Morgan fingerprint density at radius 2 is 1.12 bits per heavy atom. The summed E-state index contributed by atoms with van der Waals surface area (Å²) in [6.45, 7) is 6.63. The lowest BCUT2D eigenvalue weighted by atomic mass is 9.93. The lowest BCUT2D eigenvalue weighted by molar-refractivity contribution is 1.46. The Balaban J connectivity index is 2.64. The summed E-state index contributed by atoms with van der Waals surface area (Å²) < 4.78 is 0. The van der Waals surface area contributed by atoms with Crippen LogP contribution in [-0.4, -0.2) is 0 Å². The molecule has 0 saturated heterocycles. The van der Waals surface area contributed by atoms with Gasteiger partial charge in [0.2, 0.25) is 0 Å². The Hall–Kier alpha value is -1.82. The standard InChI is InChI=1S/C17H16/c1-11-6-4-8-14-10-15-9-5-7-12(2)17(15)13(3)16(11)14/h4-10H,1-3H3. The molecule has 0 saturated carbocycles. The first-order valence-electron chi connectivity index (χ1n) is 6.07. The zero-order chi connectivity index (χ0) is 12.0. The number of aryl methyl sites for hydroxylation is 3.